The average molecular weight is 198 g/mol. The number of carbonyl (C=O) groups is 2. The second-order valence-electron chi connectivity index (χ2n) is 1.86. The van der Waals surface area contributed by atoms with Gasteiger partial charge in [-0.3, -0.25) is 0 Å². The quantitative estimate of drug-likeness (QED) is 0.213. The van der Waals surface area contributed by atoms with Gasteiger partial charge in [0.25, 0.3) is 0 Å². The van der Waals surface area contributed by atoms with Gasteiger partial charge < -0.3 is 19.7 Å². The molecule has 0 radical (unpaired) electrons. The molecule has 0 aromatic carbocycles. The number of aliphatic carboxylic acids is 1. The van der Waals surface area contributed by atoms with Crippen molar-refractivity contribution in [3.63, 3.8) is 0 Å². The number of carboxylic acids is 1. The molecule has 1 atom stereocenters. The van der Waals surface area contributed by atoms with Gasteiger partial charge in [-0.1, -0.05) is 6.58 Å². The zero-order chi connectivity index (χ0) is 9.02. The summed E-state index contributed by atoms with van der Waals surface area (Å²) in [6.07, 6.45) is -2.22. The van der Waals surface area contributed by atoms with E-state index in [1.54, 1.807) is 0 Å². The van der Waals surface area contributed by atoms with E-state index >= 15 is 0 Å². The molecule has 0 amide bonds. The summed E-state index contributed by atoms with van der Waals surface area (Å²) >= 11 is 0. The fourth-order valence-corrected chi connectivity index (χ4v) is 0.250. The molecule has 0 bridgehead atoms. The maximum atomic E-state index is 10.5. The first-order valence-electron chi connectivity index (χ1n) is 2.70. The fraction of sp³-hybridized carbons (Fsp3) is 0.333. The van der Waals surface area contributed by atoms with Gasteiger partial charge in [0.05, 0.1) is 0 Å². The van der Waals surface area contributed by atoms with Gasteiger partial charge in [0, 0.05) is 5.57 Å². The largest absolute Gasteiger partial charge is 1.00 e. The molecule has 1 unspecified atom stereocenters. The fourth-order valence-electron chi connectivity index (χ4n) is 0.250. The average Bonchev–Trinajstić information content (AvgIpc) is 1.87. The minimum absolute atomic E-state index is 0. The normalized spacial score (nSPS) is 10.8. The molecule has 5 nitrogen and oxygen atoms in total. The summed E-state index contributed by atoms with van der Waals surface area (Å²) in [7, 11) is 0. The Bertz CT molecular complexity index is 200. The summed E-state index contributed by atoms with van der Waals surface area (Å²) in [5, 5.41) is 18.2. The van der Waals surface area contributed by atoms with E-state index in [2.05, 4.69) is 11.3 Å². The monoisotopic (exact) mass is 198 g/mol. The molecular weight excluding hydrogens is 191 g/mol. The van der Waals surface area contributed by atoms with E-state index in [0.29, 0.717) is 0 Å². The molecule has 6 heteroatoms. The molecule has 0 heterocycles. The minimum atomic E-state index is -2.22. The molecule has 62 valence electrons. The molecule has 0 rings (SSSR count). The molecule has 0 aliphatic carbocycles. The summed E-state index contributed by atoms with van der Waals surface area (Å²) in [6, 6.07) is 0. The van der Waals surface area contributed by atoms with E-state index < -0.39 is 18.2 Å². The van der Waals surface area contributed by atoms with Gasteiger partial charge in [-0.05, 0) is 6.92 Å². The summed E-state index contributed by atoms with van der Waals surface area (Å²) in [4.78, 5) is 20.3. The van der Waals surface area contributed by atoms with Crippen molar-refractivity contribution in [2.24, 2.45) is 0 Å². The number of hydrogen-bond donors (Lipinski definition) is 1. The molecule has 0 fully saturated rings. The van der Waals surface area contributed by atoms with Crippen molar-refractivity contribution < 1.29 is 75.9 Å². The van der Waals surface area contributed by atoms with Crippen LogP contribution >= 0.6 is 0 Å². The molecule has 0 spiro atoms. The molecule has 0 aromatic rings. The van der Waals surface area contributed by atoms with E-state index in [-0.39, 0.29) is 57.0 Å². The standard InChI is InChI=1S/C6H8O5.K/c1-3(2)5(9)11-6(10)4(7)8;/h6,10H,1H2,2H3,(H,7,8);/q;+1/p-1. The third-order valence-corrected chi connectivity index (χ3v) is 0.769. The van der Waals surface area contributed by atoms with Crippen LogP contribution in [0.2, 0.25) is 0 Å². The Kier molecular flexibility index (Phi) is 8.32. The van der Waals surface area contributed by atoms with Gasteiger partial charge in [0.15, 0.2) is 0 Å². The van der Waals surface area contributed by atoms with Gasteiger partial charge in [0.1, 0.15) is 5.97 Å². The summed E-state index contributed by atoms with van der Waals surface area (Å²) in [5.74, 6) is -2.83. The van der Waals surface area contributed by atoms with Gasteiger partial charge >= 0.3 is 57.4 Å². The number of hydrogen-bond acceptors (Lipinski definition) is 5. The zero-order valence-corrected chi connectivity index (χ0v) is 9.99. The van der Waals surface area contributed by atoms with Crippen LogP contribution in [0.3, 0.4) is 0 Å². The van der Waals surface area contributed by atoms with Crippen LogP contribution < -0.4 is 56.5 Å². The number of rotatable bonds is 3. The second kappa shape index (κ2) is 6.76. The van der Waals surface area contributed by atoms with Crippen LogP contribution in [0.1, 0.15) is 6.92 Å². The Morgan fingerprint density at radius 1 is 1.58 bits per heavy atom. The first-order valence-corrected chi connectivity index (χ1v) is 2.70. The van der Waals surface area contributed by atoms with Crippen molar-refractivity contribution >= 4 is 11.9 Å². The van der Waals surface area contributed by atoms with Gasteiger partial charge in [-0.2, -0.15) is 0 Å². The van der Waals surface area contributed by atoms with Crippen molar-refractivity contribution in [3.05, 3.63) is 12.2 Å². The Morgan fingerprint density at radius 2 is 2.00 bits per heavy atom. The van der Waals surface area contributed by atoms with Gasteiger partial charge in [-0.25, -0.2) is 4.79 Å². The second-order valence-corrected chi connectivity index (χ2v) is 1.86. The van der Waals surface area contributed by atoms with E-state index in [9.17, 15) is 14.7 Å². The Hall–Kier alpha value is 0.276. The number of carbonyl (C=O) groups excluding carboxylic acids is 2. The topological polar surface area (TPSA) is 86.7 Å². The Morgan fingerprint density at radius 3 is 2.25 bits per heavy atom. The SMILES string of the molecule is C=C(C)C(=O)OC(O)C(=O)[O-].[K+]. The molecule has 12 heavy (non-hydrogen) atoms. The van der Waals surface area contributed by atoms with Crippen LogP contribution in [-0.4, -0.2) is 23.3 Å². The summed E-state index contributed by atoms with van der Waals surface area (Å²) < 4.78 is 3.93. The first-order chi connectivity index (χ1) is 4.95. The molecule has 0 aromatic heterocycles. The number of carboxylic acid groups (broad SMARTS) is 1. The number of aliphatic hydroxyl groups excluding tert-OH is 1. The minimum Gasteiger partial charge on any atom is -0.544 e. The maximum absolute atomic E-state index is 10.5. The zero-order valence-electron chi connectivity index (χ0n) is 6.86. The van der Waals surface area contributed by atoms with Crippen LogP contribution in [0, 0.1) is 0 Å². The molecule has 0 aliphatic heterocycles. The van der Waals surface area contributed by atoms with Crippen LogP contribution in [0.15, 0.2) is 12.2 Å². The number of aliphatic hydroxyl groups is 1. The first kappa shape index (κ1) is 14.8. The van der Waals surface area contributed by atoms with Gasteiger partial charge in [0.2, 0.25) is 6.29 Å². The third kappa shape index (κ3) is 5.87. The van der Waals surface area contributed by atoms with E-state index in [0.717, 1.165) is 0 Å². The summed E-state index contributed by atoms with van der Waals surface area (Å²) in [5.41, 5.74) is 0.00491. The van der Waals surface area contributed by atoms with Crippen molar-refractivity contribution in [2.75, 3.05) is 0 Å². The predicted octanol–water partition coefficient (Wildman–Crippen LogP) is -4.82. The molecule has 0 saturated heterocycles. The molecule has 1 N–H and O–H groups in total. The molecule has 0 aliphatic rings. The number of esters is 1. The van der Waals surface area contributed by atoms with Crippen molar-refractivity contribution in [1.29, 1.82) is 0 Å². The van der Waals surface area contributed by atoms with Crippen LogP contribution in [-0.2, 0) is 14.3 Å². The van der Waals surface area contributed by atoms with Crippen molar-refractivity contribution in [3.8, 4) is 0 Å². The van der Waals surface area contributed by atoms with Crippen molar-refractivity contribution in [2.45, 2.75) is 13.2 Å². The van der Waals surface area contributed by atoms with Crippen LogP contribution in [0.4, 0.5) is 0 Å². The van der Waals surface area contributed by atoms with Crippen LogP contribution in [0.25, 0.3) is 0 Å². The van der Waals surface area contributed by atoms with E-state index in [1.807, 2.05) is 0 Å². The molecule has 0 saturated carbocycles. The summed E-state index contributed by atoms with van der Waals surface area (Å²) in [6.45, 7) is 4.49. The van der Waals surface area contributed by atoms with Crippen molar-refractivity contribution in [1.82, 2.24) is 0 Å². The molecular formula is C6H7KO5. The number of ether oxygens (including phenoxy) is 1. The predicted molar refractivity (Wildman–Crippen MR) is 31.9 cm³/mol. The Labute approximate surface area is 112 Å². The van der Waals surface area contributed by atoms with E-state index in [4.69, 9.17) is 5.11 Å². The maximum Gasteiger partial charge on any atom is 1.00 e. The van der Waals surface area contributed by atoms with Crippen LogP contribution in [0.5, 0.6) is 0 Å². The Balaban J connectivity index is 0. The van der Waals surface area contributed by atoms with Gasteiger partial charge in [-0.15, -0.1) is 0 Å². The third-order valence-electron chi connectivity index (χ3n) is 0.769. The smallest absolute Gasteiger partial charge is 0.544 e. The van der Waals surface area contributed by atoms with E-state index in [1.165, 1.54) is 6.92 Å².